The number of rotatable bonds is 4. The van der Waals surface area contributed by atoms with E-state index < -0.39 is 15.8 Å². The molecule has 0 bridgehead atoms. The van der Waals surface area contributed by atoms with E-state index in [1.807, 2.05) is 0 Å². The van der Waals surface area contributed by atoms with Crippen molar-refractivity contribution in [2.45, 2.75) is 18.4 Å². The second-order valence-corrected chi connectivity index (χ2v) is 7.17. The summed E-state index contributed by atoms with van der Waals surface area (Å²) in [5, 5.41) is 0. The second kappa shape index (κ2) is 6.13. The number of sulfonamides is 1. The Kier molecular flexibility index (Phi) is 4.65. The first-order valence-electron chi connectivity index (χ1n) is 6.09. The van der Waals surface area contributed by atoms with Gasteiger partial charge < -0.3 is 5.73 Å². The minimum atomic E-state index is -3.71. The van der Waals surface area contributed by atoms with Crippen LogP contribution in [-0.2, 0) is 16.6 Å². The molecular weight excluding hydrogens is 359 g/mol. The van der Waals surface area contributed by atoms with E-state index >= 15 is 0 Å². The molecule has 0 amide bonds. The third kappa shape index (κ3) is 3.81. The number of nitrogens with two attached hydrogens (primary N) is 1. The number of hydrogen-bond donors (Lipinski definition) is 2. The van der Waals surface area contributed by atoms with Gasteiger partial charge in [-0.2, -0.15) is 0 Å². The maximum Gasteiger partial charge on any atom is 0.241 e. The van der Waals surface area contributed by atoms with Gasteiger partial charge in [0.05, 0.1) is 4.90 Å². The molecular formula is C14H14BrFN2O2S. The van der Waals surface area contributed by atoms with E-state index in [4.69, 9.17) is 5.73 Å². The lowest BCUT2D eigenvalue weighted by atomic mass is 10.2. The third-order valence-corrected chi connectivity index (χ3v) is 5.28. The van der Waals surface area contributed by atoms with E-state index in [-0.39, 0.29) is 11.4 Å². The SMILES string of the molecule is Cc1ccc(N)cc1S(=O)(=O)NCc1cc(F)ccc1Br. The van der Waals surface area contributed by atoms with Crippen molar-refractivity contribution < 1.29 is 12.8 Å². The molecule has 0 aliphatic carbocycles. The highest BCUT2D eigenvalue weighted by Gasteiger charge is 2.17. The molecule has 0 atom stereocenters. The van der Waals surface area contributed by atoms with Gasteiger partial charge in [0.2, 0.25) is 10.0 Å². The maximum absolute atomic E-state index is 13.2. The number of anilines is 1. The van der Waals surface area contributed by atoms with Gasteiger partial charge in [-0.3, -0.25) is 0 Å². The topological polar surface area (TPSA) is 72.2 Å². The van der Waals surface area contributed by atoms with Crippen LogP contribution in [0.4, 0.5) is 10.1 Å². The van der Waals surface area contributed by atoms with Crippen LogP contribution in [0.5, 0.6) is 0 Å². The summed E-state index contributed by atoms with van der Waals surface area (Å²) >= 11 is 3.26. The molecule has 4 nitrogen and oxygen atoms in total. The van der Waals surface area contributed by atoms with Crippen LogP contribution in [0.25, 0.3) is 0 Å². The predicted octanol–water partition coefficient (Wildman–Crippen LogP) is 2.96. The zero-order valence-electron chi connectivity index (χ0n) is 11.2. The summed E-state index contributed by atoms with van der Waals surface area (Å²) in [7, 11) is -3.71. The highest BCUT2D eigenvalue weighted by Crippen LogP contribution is 2.21. The lowest BCUT2D eigenvalue weighted by Crippen LogP contribution is -2.24. The Hall–Kier alpha value is -1.44. The van der Waals surface area contributed by atoms with Gasteiger partial charge in [0.15, 0.2) is 0 Å². The Morgan fingerprint density at radius 1 is 1.24 bits per heavy atom. The molecule has 2 rings (SSSR count). The van der Waals surface area contributed by atoms with Crippen molar-refractivity contribution in [3.63, 3.8) is 0 Å². The van der Waals surface area contributed by atoms with Crippen LogP contribution in [-0.4, -0.2) is 8.42 Å². The number of nitrogens with one attached hydrogen (secondary N) is 1. The zero-order chi connectivity index (χ0) is 15.6. The van der Waals surface area contributed by atoms with Gasteiger partial charge in [0.25, 0.3) is 0 Å². The zero-order valence-corrected chi connectivity index (χ0v) is 13.6. The van der Waals surface area contributed by atoms with Crippen molar-refractivity contribution in [3.05, 3.63) is 57.8 Å². The minimum absolute atomic E-state index is 0.0189. The summed E-state index contributed by atoms with van der Waals surface area (Å²) in [4.78, 5) is 0.120. The highest BCUT2D eigenvalue weighted by atomic mass is 79.9. The van der Waals surface area contributed by atoms with Gasteiger partial charge in [-0.1, -0.05) is 22.0 Å². The average molecular weight is 373 g/mol. The summed E-state index contributed by atoms with van der Waals surface area (Å²) in [6.45, 7) is 1.67. The quantitative estimate of drug-likeness (QED) is 0.810. The molecule has 0 aliphatic heterocycles. The lowest BCUT2D eigenvalue weighted by Gasteiger charge is -2.11. The largest absolute Gasteiger partial charge is 0.399 e. The smallest absolute Gasteiger partial charge is 0.241 e. The molecule has 0 radical (unpaired) electrons. The number of nitrogen functional groups attached to an aromatic ring is 1. The number of hydrogen-bond acceptors (Lipinski definition) is 3. The molecule has 0 spiro atoms. The van der Waals surface area contributed by atoms with Crippen LogP contribution in [0.1, 0.15) is 11.1 Å². The van der Waals surface area contributed by atoms with Crippen molar-refractivity contribution in [1.29, 1.82) is 0 Å². The van der Waals surface area contributed by atoms with Gasteiger partial charge in [0, 0.05) is 16.7 Å². The Labute approximate surface area is 131 Å². The van der Waals surface area contributed by atoms with Crippen LogP contribution >= 0.6 is 15.9 Å². The fourth-order valence-electron chi connectivity index (χ4n) is 1.84. The molecule has 0 fully saturated rings. The molecule has 0 saturated carbocycles. The molecule has 0 unspecified atom stereocenters. The van der Waals surface area contributed by atoms with Crippen LogP contribution < -0.4 is 10.5 Å². The Morgan fingerprint density at radius 3 is 2.67 bits per heavy atom. The van der Waals surface area contributed by atoms with Crippen molar-refractivity contribution in [1.82, 2.24) is 4.72 Å². The van der Waals surface area contributed by atoms with E-state index in [1.54, 1.807) is 19.1 Å². The molecule has 0 heterocycles. The van der Waals surface area contributed by atoms with Crippen molar-refractivity contribution >= 4 is 31.6 Å². The fourth-order valence-corrected chi connectivity index (χ4v) is 3.51. The predicted molar refractivity (Wildman–Crippen MR) is 83.7 cm³/mol. The molecule has 2 aromatic carbocycles. The molecule has 0 aromatic heterocycles. The third-order valence-electron chi connectivity index (χ3n) is 2.96. The molecule has 0 saturated heterocycles. The van der Waals surface area contributed by atoms with Gasteiger partial charge in [-0.15, -0.1) is 0 Å². The van der Waals surface area contributed by atoms with E-state index in [9.17, 15) is 12.8 Å². The van der Waals surface area contributed by atoms with Gasteiger partial charge in [-0.25, -0.2) is 17.5 Å². The summed E-state index contributed by atoms with van der Waals surface area (Å²) in [5.74, 6) is -0.424. The lowest BCUT2D eigenvalue weighted by molar-refractivity contribution is 0.579. The average Bonchev–Trinajstić information content (AvgIpc) is 2.42. The molecule has 2 aromatic rings. The van der Waals surface area contributed by atoms with Gasteiger partial charge >= 0.3 is 0 Å². The summed E-state index contributed by atoms with van der Waals surface area (Å²) in [6.07, 6.45) is 0. The summed E-state index contributed by atoms with van der Waals surface area (Å²) < 4.78 is 40.9. The van der Waals surface area contributed by atoms with Crippen molar-refractivity contribution in [2.24, 2.45) is 0 Å². The number of aryl methyl sites for hydroxylation is 1. The van der Waals surface area contributed by atoms with Crippen molar-refractivity contribution in [2.75, 3.05) is 5.73 Å². The second-order valence-electron chi connectivity index (χ2n) is 4.59. The number of benzene rings is 2. The highest BCUT2D eigenvalue weighted by molar-refractivity contribution is 9.10. The summed E-state index contributed by atoms with van der Waals surface area (Å²) in [6, 6.07) is 8.78. The van der Waals surface area contributed by atoms with Crippen molar-refractivity contribution in [3.8, 4) is 0 Å². The molecule has 112 valence electrons. The monoisotopic (exact) mass is 372 g/mol. The van der Waals surface area contributed by atoms with E-state index in [0.717, 1.165) is 0 Å². The van der Waals surface area contributed by atoms with Crippen LogP contribution in [0.2, 0.25) is 0 Å². The first-order valence-corrected chi connectivity index (χ1v) is 8.37. The molecule has 7 heteroatoms. The first-order chi connectivity index (χ1) is 9.79. The Morgan fingerprint density at radius 2 is 1.95 bits per heavy atom. The Bertz CT molecular complexity index is 779. The molecule has 3 N–H and O–H groups in total. The minimum Gasteiger partial charge on any atom is -0.399 e. The van der Waals surface area contributed by atoms with Crippen LogP contribution in [0, 0.1) is 12.7 Å². The van der Waals surface area contributed by atoms with E-state index in [2.05, 4.69) is 20.7 Å². The standard InChI is InChI=1S/C14H14BrFN2O2S/c1-9-2-4-12(17)7-14(9)21(19,20)18-8-10-6-11(16)3-5-13(10)15/h2-7,18H,8,17H2,1H3. The maximum atomic E-state index is 13.2. The van der Waals surface area contributed by atoms with Gasteiger partial charge in [-0.05, 0) is 48.4 Å². The van der Waals surface area contributed by atoms with Gasteiger partial charge in [0.1, 0.15) is 5.82 Å². The van der Waals surface area contributed by atoms with E-state index in [1.165, 1.54) is 24.3 Å². The molecule has 0 aliphatic rings. The fraction of sp³-hybridized carbons (Fsp3) is 0.143. The first kappa shape index (κ1) is 15.9. The van der Waals surface area contributed by atoms with Crippen LogP contribution in [0.3, 0.4) is 0 Å². The van der Waals surface area contributed by atoms with Crippen LogP contribution in [0.15, 0.2) is 45.8 Å². The van der Waals surface area contributed by atoms with E-state index in [0.29, 0.717) is 21.3 Å². The summed E-state index contributed by atoms with van der Waals surface area (Å²) in [5.41, 5.74) is 7.10. The normalized spacial score (nSPS) is 11.6. The Balaban J connectivity index is 2.26. The molecule has 21 heavy (non-hydrogen) atoms. The number of halogens is 2.